The van der Waals surface area contributed by atoms with Crippen LogP contribution in [-0.4, -0.2) is 12.2 Å². The molecule has 0 heterocycles. The highest BCUT2D eigenvalue weighted by Gasteiger charge is 2.23. The third kappa shape index (κ3) is 1.80. The van der Waals surface area contributed by atoms with Crippen molar-refractivity contribution >= 4 is 0 Å². The molecule has 3 nitrogen and oxygen atoms in total. The van der Waals surface area contributed by atoms with Gasteiger partial charge in [-0.1, -0.05) is 6.07 Å². The number of methoxy groups -OCH3 is 1. The fourth-order valence-corrected chi connectivity index (χ4v) is 1.23. The van der Waals surface area contributed by atoms with Gasteiger partial charge in [-0.2, -0.15) is 5.26 Å². The molecule has 0 aliphatic carbocycles. The largest absolute Gasteiger partial charge is 0.507 e. The summed E-state index contributed by atoms with van der Waals surface area (Å²) in [5.41, 5.74) is -0.0723. The first-order chi connectivity index (χ1) is 6.51. The fourth-order valence-electron chi connectivity index (χ4n) is 1.23. The Hall–Kier alpha value is -1.69. The molecule has 0 saturated carbocycles. The molecule has 3 heteroatoms. The van der Waals surface area contributed by atoms with Gasteiger partial charge in [0.25, 0.3) is 0 Å². The molecule has 0 aliphatic rings. The number of aromatic hydroxyl groups is 1. The molecule has 0 unspecified atom stereocenters. The summed E-state index contributed by atoms with van der Waals surface area (Å²) in [6, 6.07) is 7.08. The molecule has 1 N–H and O–H groups in total. The lowest BCUT2D eigenvalue weighted by Gasteiger charge is -2.17. The molecule has 0 fully saturated rings. The van der Waals surface area contributed by atoms with Crippen molar-refractivity contribution in [1.82, 2.24) is 0 Å². The summed E-state index contributed by atoms with van der Waals surface area (Å²) in [5.74, 6) is 0.677. The average Bonchev–Trinajstić information content (AvgIpc) is 2.17. The normalized spacial score (nSPS) is 10.7. The van der Waals surface area contributed by atoms with E-state index in [0.29, 0.717) is 11.3 Å². The predicted molar refractivity (Wildman–Crippen MR) is 53.3 cm³/mol. The van der Waals surface area contributed by atoms with Crippen LogP contribution in [0.2, 0.25) is 0 Å². The minimum absolute atomic E-state index is 0.0934. The summed E-state index contributed by atoms with van der Waals surface area (Å²) in [7, 11) is 1.53. The van der Waals surface area contributed by atoms with E-state index in [0.717, 1.165) is 0 Å². The molecule has 0 amide bonds. The number of phenolic OH excluding ortho intramolecular Hbond substituents is 1. The van der Waals surface area contributed by atoms with Gasteiger partial charge in [0.2, 0.25) is 0 Å². The highest BCUT2D eigenvalue weighted by Crippen LogP contribution is 2.32. The van der Waals surface area contributed by atoms with Crippen molar-refractivity contribution in [3.63, 3.8) is 0 Å². The lowest BCUT2D eigenvalue weighted by molar-refractivity contribution is 0.404. The highest BCUT2D eigenvalue weighted by molar-refractivity contribution is 5.45. The maximum absolute atomic E-state index is 9.66. The van der Waals surface area contributed by atoms with Crippen molar-refractivity contribution in [3.8, 4) is 17.6 Å². The van der Waals surface area contributed by atoms with E-state index in [-0.39, 0.29) is 5.75 Å². The summed E-state index contributed by atoms with van der Waals surface area (Å²) in [4.78, 5) is 0. The van der Waals surface area contributed by atoms with E-state index in [1.54, 1.807) is 26.0 Å². The molecular weight excluding hydrogens is 178 g/mol. The maximum atomic E-state index is 9.66. The number of ether oxygens (including phenoxy) is 1. The molecule has 0 aromatic heterocycles. The zero-order chi connectivity index (χ0) is 10.8. The molecule has 0 aliphatic heterocycles. The van der Waals surface area contributed by atoms with E-state index in [2.05, 4.69) is 6.07 Å². The summed E-state index contributed by atoms with van der Waals surface area (Å²) in [5, 5.41) is 18.6. The second-order valence-electron chi connectivity index (χ2n) is 3.62. The molecule has 1 rings (SSSR count). The van der Waals surface area contributed by atoms with E-state index in [1.807, 2.05) is 0 Å². The van der Waals surface area contributed by atoms with Gasteiger partial charge in [0.15, 0.2) is 0 Å². The Morgan fingerprint density at radius 3 is 2.50 bits per heavy atom. The maximum Gasteiger partial charge on any atom is 0.124 e. The average molecular weight is 191 g/mol. The van der Waals surface area contributed by atoms with E-state index in [1.165, 1.54) is 13.2 Å². The standard InChI is InChI=1S/C11H13NO2/c1-11(2,7-12)9-5-4-8(14-3)6-10(9)13/h4-6,13H,1-3H3. The summed E-state index contributed by atoms with van der Waals surface area (Å²) < 4.78 is 4.95. The number of rotatable bonds is 2. The van der Waals surface area contributed by atoms with Crippen molar-refractivity contribution in [2.45, 2.75) is 19.3 Å². The van der Waals surface area contributed by atoms with Crippen LogP contribution in [0.5, 0.6) is 11.5 Å². The Morgan fingerprint density at radius 2 is 2.07 bits per heavy atom. The monoisotopic (exact) mass is 191 g/mol. The zero-order valence-electron chi connectivity index (χ0n) is 8.53. The molecular formula is C11H13NO2. The topological polar surface area (TPSA) is 53.2 Å². The lowest BCUT2D eigenvalue weighted by Crippen LogP contribution is -2.13. The Balaban J connectivity index is 3.20. The van der Waals surface area contributed by atoms with E-state index in [9.17, 15) is 5.11 Å². The smallest absolute Gasteiger partial charge is 0.124 e. The molecule has 1 aromatic rings. The van der Waals surface area contributed by atoms with Crippen molar-refractivity contribution < 1.29 is 9.84 Å². The van der Waals surface area contributed by atoms with Crippen LogP contribution in [0, 0.1) is 11.3 Å². The second kappa shape index (κ2) is 3.59. The lowest BCUT2D eigenvalue weighted by atomic mass is 9.86. The Labute approximate surface area is 83.6 Å². The minimum atomic E-state index is -0.684. The van der Waals surface area contributed by atoms with Gasteiger partial charge in [-0.05, 0) is 19.9 Å². The number of hydrogen-bond donors (Lipinski definition) is 1. The van der Waals surface area contributed by atoms with Crippen molar-refractivity contribution in [2.75, 3.05) is 7.11 Å². The van der Waals surface area contributed by atoms with Gasteiger partial charge in [-0.15, -0.1) is 0 Å². The summed E-state index contributed by atoms with van der Waals surface area (Å²) >= 11 is 0. The fraction of sp³-hybridized carbons (Fsp3) is 0.364. The third-order valence-electron chi connectivity index (χ3n) is 2.16. The van der Waals surface area contributed by atoms with Gasteiger partial charge in [0.05, 0.1) is 18.6 Å². The second-order valence-corrected chi connectivity index (χ2v) is 3.62. The highest BCUT2D eigenvalue weighted by atomic mass is 16.5. The molecule has 0 saturated heterocycles. The van der Waals surface area contributed by atoms with Crippen LogP contribution >= 0.6 is 0 Å². The van der Waals surface area contributed by atoms with Crippen LogP contribution in [0.1, 0.15) is 19.4 Å². The van der Waals surface area contributed by atoms with Gasteiger partial charge in [0.1, 0.15) is 11.5 Å². The first-order valence-electron chi connectivity index (χ1n) is 4.30. The number of nitrogens with zero attached hydrogens (tertiary/aromatic N) is 1. The van der Waals surface area contributed by atoms with Crippen molar-refractivity contribution in [3.05, 3.63) is 23.8 Å². The van der Waals surface area contributed by atoms with Crippen molar-refractivity contribution in [2.24, 2.45) is 0 Å². The molecule has 14 heavy (non-hydrogen) atoms. The van der Waals surface area contributed by atoms with E-state index in [4.69, 9.17) is 10.00 Å². The third-order valence-corrected chi connectivity index (χ3v) is 2.16. The minimum Gasteiger partial charge on any atom is -0.507 e. The summed E-state index contributed by atoms with van der Waals surface area (Å²) in [6.07, 6.45) is 0. The van der Waals surface area contributed by atoms with Gasteiger partial charge in [-0.25, -0.2) is 0 Å². The molecule has 74 valence electrons. The molecule has 0 spiro atoms. The van der Waals surface area contributed by atoms with Gasteiger partial charge >= 0.3 is 0 Å². The SMILES string of the molecule is COc1ccc(C(C)(C)C#N)c(O)c1. The van der Waals surface area contributed by atoms with E-state index >= 15 is 0 Å². The predicted octanol–water partition coefficient (Wildman–Crippen LogP) is 2.20. The zero-order valence-corrected chi connectivity index (χ0v) is 8.53. The Kier molecular flexibility index (Phi) is 2.66. The Bertz CT molecular complexity index is 377. The van der Waals surface area contributed by atoms with Crippen molar-refractivity contribution in [1.29, 1.82) is 5.26 Å². The van der Waals surface area contributed by atoms with Crippen LogP contribution in [0.15, 0.2) is 18.2 Å². The molecule has 1 aromatic carbocycles. The number of hydrogen-bond acceptors (Lipinski definition) is 3. The number of nitriles is 1. The molecule has 0 atom stereocenters. The van der Waals surface area contributed by atoms with Gasteiger partial charge < -0.3 is 9.84 Å². The van der Waals surface area contributed by atoms with Gasteiger partial charge in [-0.3, -0.25) is 0 Å². The van der Waals surface area contributed by atoms with Crippen LogP contribution in [0.25, 0.3) is 0 Å². The van der Waals surface area contributed by atoms with Crippen LogP contribution in [0.4, 0.5) is 0 Å². The number of benzene rings is 1. The molecule has 0 bridgehead atoms. The quantitative estimate of drug-likeness (QED) is 0.779. The van der Waals surface area contributed by atoms with Gasteiger partial charge in [0, 0.05) is 11.6 Å². The molecule has 0 radical (unpaired) electrons. The van der Waals surface area contributed by atoms with Crippen LogP contribution in [0.3, 0.4) is 0 Å². The van der Waals surface area contributed by atoms with E-state index < -0.39 is 5.41 Å². The number of phenols is 1. The Morgan fingerprint density at radius 1 is 1.43 bits per heavy atom. The first-order valence-corrected chi connectivity index (χ1v) is 4.30. The van der Waals surface area contributed by atoms with Crippen LogP contribution in [-0.2, 0) is 5.41 Å². The summed E-state index contributed by atoms with van der Waals surface area (Å²) in [6.45, 7) is 3.52. The first kappa shape index (κ1) is 10.4. The van der Waals surface area contributed by atoms with Crippen LogP contribution < -0.4 is 4.74 Å².